The topological polar surface area (TPSA) is 110 Å². The summed E-state index contributed by atoms with van der Waals surface area (Å²) in [7, 11) is 0. The molecule has 9 nitrogen and oxygen atoms in total. The van der Waals surface area contributed by atoms with Crippen LogP contribution in [0.1, 0.15) is 65.0 Å². The highest BCUT2D eigenvalue weighted by Gasteiger charge is 2.55. The van der Waals surface area contributed by atoms with Gasteiger partial charge in [0.25, 0.3) is 5.91 Å². The minimum Gasteiger partial charge on any atom is -0.381 e. The number of aliphatic hydroxyl groups is 1. The monoisotopic (exact) mass is 637 g/mol. The second kappa shape index (κ2) is 11.6. The van der Waals surface area contributed by atoms with Crippen LogP contribution in [-0.4, -0.2) is 43.3 Å². The minimum atomic E-state index is -1.82. The summed E-state index contributed by atoms with van der Waals surface area (Å²) in [4.78, 5) is 32.6. The van der Waals surface area contributed by atoms with Gasteiger partial charge >= 0.3 is 0 Å². The number of nitrogens with zero attached hydrogens (tertiary/aromatic N) is 4. The Labute approximate surface area is 263 Å². The van der Waals surface area contributed by atoms with E-state index in [0.29, 0.717) is 33.4 Å². The van der Waals surface area contributed by atoms with E-state index in [1.54, 1.807) is 47.3 Å². The Bertz CT molecular complexity index is 1720. The van der Waals surface area contributed by atoms with E-state index >= 15 is 4.39 Å². The predicted octanol–water partition coefficient (Wildman–Crippen LogP) is 5.36. The number of benzene rings is 2. The van der Waals surface area contributed by atoms with Gasteiger partial charge in [-0.3, -0.25) is 24.2 Å². The van der Waals surface area contributed by atoms with Crippen LogP contribution in [0.4, 0.5) is 4.39 Å². The molecule has 2 atom stereocenters. The van der Waals surface area contributed by atoms with Gasteiger partial charge in [0.15, 0.2) is 0 Å². The van der Waals surface area contributed by atoms with Crippen molar-refractivity contribution in [3.63, 3.8) is 0 Å². The number of hydrogen-bond donors (Lipinski definition) is 2. The summed E-state index contributed by atoms with van der Waals surface area (Å²) in [5.74, 6) is -1.59. The third-order valence-corrected chi connectivity index (χ3v) is 8.66. The highest BCUT2D eigenvalue weighted by atomic mass is 35.5. The van der Waals surface area contributed by atoms with E-state index in [1.165, 1.54) is 36.4 Å². The molecule has 1 aliphatic carbocycles. The summed E-state index contributed by atoms with van der Waals surface area (Å²) in [5.41, 5.74) is -2.06. The lowest BCUT2D eigenvalue weighted by Gasteiger charge is -2.39. The molecule has 1 aliphatic heterocycles. The number of rotatable bonds is 10. The number of carbonyl (C=O) groups excluding carboxylic acids is 2. The van der Waals surface area contributed by atoms with Crippen molar-refractivity contribution in [2.24, 2.45) is 5.92 Å². The van der Waals surface area contributed by atoms with Crippen LogP contribution in [0.5, 0.6) is 0 Å². The lowest BCUT2D eigenvalue weighted by atomic mass is 9.85. The molecule has 0 saturated heterocycles. The van der Waals surface area contributed by atoms with Gasteiger partial charge in [0, 0.05) is 41.0 Å². The van der Waals surface area contributed by atoms with Gasteiger partial charge in [-0.05, 0) is 68.7 Å². The zero-order chi connectivity index (χ0) is 31.2. The Morgan fingerprint density at radius 3 is 2.50 bits per heavy atom. The van der Waals surface area contributed by atoms with Gasteiger partial charge in [0.05, 0.1) is 34.6 Å². The first-order chi connectivity index (χ1) is 21.0. The highest BCUT2D eigenvalue weighted by molar-refractivity contribution is 6.30. The van der Waals surface area contributed by atoms with Crippen molar-refractivity contribution in [2.45, 2.75) is 51.1 Å². The Balaban J connectivity index is 1.51. The molecule has 1 unspecified atom stereocenters. The average molecular weight is 639 g/mol. The Morgan fingerprint density at radius 1 is 1.14 bits per heavy atom. The van der Waals surface area contributed by atoms with Crippen molar-refractivity contribution in [1.29, 1.82) is 0 Å². The van der Waals surface area contributed by atoms with Gasteiger partial charge in [-0.1, -0.05) is 35.3 Å². The quantitative estimate of drug-likeness (QED) is 0.227. The molecule has 0 spiro atoms. The second-order valence-electron chi connectivity index (χ2n) is 11.2. The van der Waals surface area contributed by atoms with E-state index in [0.717, 1.165) is 12.8 Å². The fraction of sp³-hybridized carbons (Fsp3) is 0.312. The summed E-state index contributed by atoms with van der Waals surface area (Å²) in [6.45, 7) is 3.63. The van der Waals surface area contributed by atoms with E-state index in [9.17, 15) is 14.7 Å². The molecular weight excluding hydrogens is 608 g/mol. The zero-order valence-electron chi connectivity index (χ0n) is 24.1. The summed E-state index contributed by atoms with van der Waals surface area (Å²) in [6, 6.07) is 12.5. The molecule has 2 aromatic heterocycles. The van der Waals surface area contributed by atoms with Crippen LogP contribution < -0.4 is 5.32 Å². The smallest absolute Gasteiger partial charge is 0.257 e. The number of aromatic nitrogens is 3. The highest BCUT2D eigenvalue weighted by Crippen LogP contribution is 2.49. The lowest BCUT2D eigenvalue weighted by Crippen LogP contribution is -2.49. The second-order valence-corrected chi connectivity index (χ2v) is 12.0. The van der Waals surface area contributed by atoms with Gasteiger partial charge in [-0.15, -0.1) is 0 Å². The van der Waals surface area contributed by atoms with Crippen molar-refractivity contribution in [2.75, 3.05) is 6.73 Å². The molecule has 12 heteroatoms. The molecule has 0 bridgehead atoms. The molecular formula is C32H30Cl2FN5O4. The van der Waals surface area contributed by atoms with Crippen LogP contribution in [0.2, 0.25) is 10.0 Å². The van der Waals surface area contributed by atoms with Gasteiger partial charge < -0.3 is 15.2 Å². The van der Waals surface area contributed by atoms with Crippen LogP contribution in [0.15, 0.2) is 67.1 Å². The predicted molar refractivity (Wildman–Crippen MR) is 161 cm³/mol. The lowest BCUT2D eigenvalue weighted by molar-refractivity contribution is -0.137. The number of fused-ring (bicyclic) bond motifs is 1. The van der Waals surface area contributed by atoms with Crippen molar-refractivity contribution in [3.05, 3.63) is 116 Å². The molecule has 1 saturated carbocycles. The molecule has 6 rings (SSSR count). The zero-order valence-corrected chi connectivity index (χ0v) is 25.6. The first-order valence-corrected chi connectivity index (χ1v) is 15.0. The Hall–Kier alpha value is -3.83. The van der Waals surface area contributed by atoms with Crippen LogP contribution in [0.25, 0.3) is 0 Å². The normalized spacial score (nSPS) is 19.1. The maximum atomic E-state index is 16.7. The first kappa shape index (κ1) is 30.2. The molecule has 4 aromatic rings. The number of aryl methyl sites for hydroxylation is 1. The average Bonchev–Trinajstić information content (AvgIpc) is 3.69. The van der Waals surface area contributed by atoms with Gasteiger partial charge in [0.2, 0.25) is 11.6 Å². The molecule has 3 heterocycles. The van der Waals surface area contributed by atoms with E-state index in [1.807, 2.05) is 6.92 Å². The standard InChI is InChI=1S/C32H30Cl2FN5O4/c1-3-39-16-22(14-38-39)31(2,43)21-12-26-28(27(35)13-21)32(20-6-8-23(33)9-7-20,44-18-37-29(41)19-4-5-19)40(30(26)42)17-25-11-10-24(34)15-36-25/h6-16,19,43H,3-5,17-18H2,1-2H3,(H,37,41)/t31?,32-/m1/s1. The van der Waals surface area contributed by atoms with Crippen LogP contribution in [0, 0.1) is 11.7 Å². The van der Waals surface area contributed by atoms with Crippen molar-refractivity contribution in [3.8, 4) is 0 Å². The summed E-state index contributed by atoms with van der Waals surface area (Å²) in [5, 5.41) is 19.5. The summed E-state index contributed by atoms with van der Waals surface area (Å²) >= 11 is 12.3. The number of carbonyl (C=O) groups is 2. The maximum absolute atomic E-state index is 16.7. The van der Waals surface area contributed by atoms with E-state index in [4.69, 9.17) is 27.9 Å². The number of nitrogens with one attached hydrogen (secondary N) is 1. The number of hydrogen-bond acceptors (Lipinski definition) is 6. The largest absolute Gasteiger partial charge is 0.381 e. The summed E-state index contributed by atoms with van der Waals surface area (Å²) in [6.07, 6.45) is 6.22. The molecule has 44 heavy (non-hydrogen) atoms. The van der Waals surface area contributed by atoms with E-state index < -0.39 is 23.1 Å². The Morgan fingerprint density at radius 2 is 1.86 bits per heavy atom. The summed E-state index contributed by atoms with van der Waals surface area (Å²) < 4.78 is 24.7. The molecule has 0 radical (unpaired) electrons. The Kier molecular flexibility index (Phi) is 7.96. The van der Waals surface area contributed by atoms with Gasteiger partial charge in [-0.2, -0.15) is 5.10 Å². The molecule has 2 aromatic carbocycles. The third-order valence-electron chi connectivity index (χ3n) is 8.19. The van der Waals surface area contributed by atoms with Crippen LogP contribution in [0.3, 0.4) is 0 Å². The molecule has 2 N–H and O–H groups in total. The fourth-order valence-electron chi connectivity index (χ4n) is 5.53. The van der Waals surface area contributed by atoms with Crippen molar-refractivity contribution in [1.82, 2.24) is 25.0 Å². The van der Waals surface area contributed by atoms with E-state index in [2.05, 4.69) is 15.4 Å². The van der Waals surface area contributed by atoms with Crippen LogP contribution in [-0.2, 0) is 33.9 Å². The molecule has 1 fully saturated rings. The van der Waals surface area contributed by atoms with Crippen molar-refractivity contribution >= 4 is 35.0 Å². The van der Waals surface area contributed by atoms with Gasteiger partial charge in [0.1, 0.15) is 18.1 Å². The molecule has 228 valence electrons. The maximum Gasteiger partial charge on any atom is 0.257 e. The SMILES string of the molecule is CCn1cc(C(C)(O)c2cc(F)c3c(c2)C(=O)N(Cc2ccc(Cl)cn2)[C@@]3(OCNC(=O)C2CC2)c2ccc(Cl)cc2)cn1. The number of ether oxygens (including phenoxy) is 1. The number of pyridine rings is 1. The number of halogens is 3. The first-order valence-electron chi connectivity index (χ1n) is 14.2. The molecule has 2 aliphatic rings. The minimum absolute atomic E-state index is 0.000548. The molecule has 2 amide bonds. The third kappa shape index (κ3) is 5.36. The number of amides is 2. The fourth-order valence-corrected chi connectivity index (χ4v) is 5.77. The van der Waals surface area contributed by atoms with E-state index in [-0.39, 0.29) is 41.8 Å². The van der Waals surface area contributed by atoms with Gasteiger partial charge in [-0.25, -0.2) is 4.39 Å². The van der Waals surface area contributed by atoms with Crippen LogP contribution >= 0.6 is 23.2 Å². The van der Waals surface area contributed by atoms with Crippen molar-refractivity contribution < 1.29 is 23.8 Å².